The van der Waals surface area contributed by atoms with Gasteiger partial charge in [0.1, 0.15) is 0 Å². The van der Waals surface area contributed by atoms with E-state index < -0.39 is 0 Å². The van der Waals surface area contributed by atoms with Crippen molar-refractivity contribution in [3.63, 3.8) is 0 Å². The summed E-state index contributed by atoms with van der Waals surface area (Å²) in [5.41, 5.74) is 17.8. The number of nitrogens with one attached hydrogen (secondary N) is 1. The lowest BCUT2D eigenvalue weighted by Gasteiger charge is -2.14. The number of nitrogens with zero attached hydrogens (tertiary/aromatic N) is 1. The van der Waals surface area contributed by atoms with E-state index in [1.807, 2.05) is 24.3 Å². The number of rotatable bonds is 4. The smallest absolute Gasteiger partial charge is 0.153 e. The third kappa shape index (κ3) is 3.12. The lowest BCUT2D eigenvalue weighted by atomic mass is 9.96. The molecule has 0 amide bonds. The Morgan fingerprint density at radius 1 is 0.880 bits per heavy atom. The maximum absolute atomic E-state index is 6.44. The van der Waals surface area contributed by atoms with Crippen LogP contribution in [-0.2, 0) is 6.42 Å². The molecule has 4 nitrogen and oxygen atoms in total. The lowest BCUT2D eigenvalue weighted by Crippen LogP contribution is -2.13. The maximum atomic E-state index is 6.44. The standard InChI is InChI=1S/C21H20N4/c22-19(11-14-5-2-1-3-6-14)17-8-4-7-15(12-17)16-9-10-18-20(13-16)24-25-21(18)23/h1-10,12-13,19H,11,22H2,(H3,23,24,25)/t19-/m1/s1. The number of fused-ring (bicyclic) bond motifs is 1. The molecule has 25 heavy (non-hydrogen) atoms. The number of aromatic nitrogens is 2. The van der Waals surface area contributed by atoms with Crippen molar-refractivity contribution in [2.45, 2.75) is 12.5 Å². The van der Waals surface area contributed by atoms with Crippen LogP contribution in [0.2, 0.25) is 0 Å². The minimum Gasteiger partial charge on any atom is -0.382 e. The first-order valence-electron chi connectivity index (χ1n) is 8.34. The van der Waals surface area contributed by atoms with Crippen LogP contribution in [0.4, 0.5) is 5.82 Å². The minimum absolute atomic E-state index is 0.0334. The third-order valence-corrected chi connectivity index (χ3v) is 4.54. The molecule has 0 fully saturated rings. The summed E-state index contributed by atoms with van der Waals surface area (Å²) in [5, 5.41) is 7.97. The Labute approximate surface area is 146 Å². The van der Waals surface area contributed by atoms with E-state index in [0.717, 1.165) is 34.0 Å². The molecular formula is C21H20N4. The molecule has 3 aromatic carbocycles. The Kier molecular flexibility index (Phi) is 3.96. The predicted molar refractivity (Wildman–Crippen MR) is 103 cm³/mol. The van der Waals surface area contributed by atoms with Gasteiger partial charge >= 0.3 is 0 Å². The quantitative estimate of drug-likeness (QED) is 0.528. The zero-order valence-electron chi connectivity index (χ0n) is 13.8. The van der Waals surface area contributed by atoms with Crippen LogP contribution in [0.3, 0.4) is 0 Å². The van der Waals surface area contributed by atoms with E-state index in [9.17, 15) is 0 Å². The van der Waals surface area contributed by atoms with E-state index in [1.165, 1.54) is 5.56 Å². The monoisotopic (exact) mass is 328 g/mol. The highest BCUT2D eigenvalue weighted by atomic mass is 15.1. The first-order chi connectivity index (χ1) is 12.2. The van der Waals surface area contributed by atoms with E-state index in [-0.39, 0.29) is 6.04 Å². The fraction of sp³-hybridized carbons (Fsp3) is 0.0952. The Bertz CT molecular complexity index is 1000. The molecule has 0 bridgehead atoms. The van der Waals surface area contributed by atoms with Gasteiger partial charge in [-0.25, -0.2) is 0 Å². The second-order valence-corrected chi connectivity index (χ2v) is 6.29. The number of benzene rings is 3. The topological polar surface area (TPSA) is 80.7 Å². The average Bonchev–Trinajstić information content (AvgIpc) is 3.03. The number of H-pyrrole nitrogens is 1. The summed E-state index contributed by atoms with van der Waals surface area (Å²) in [6, 6.07) is 24.8. The van der Waals surface area contributed by atoms with Crippen molar-refractivity contribution in [2.24, 2.45) is 5.73 Å². The van der Waals surface area contributed by atoms with Crippen LogP contribution in [0.25, 0.3) is 22.0 Å². The number of nitrogens with two attached hydrogens (primary N) is 2. The molecule has 0 unspecified atom stereocenters. The van der Waals surface area contributed by atoms with Gasteiger partial charge in [-0.05, 0) is 46.9 Å². The summed E-state index contributed by atoms with van der Waals surface area (Å²) in [5.74, 6) is 0.528. The molecule has 1 heterocycles. The van der Waals surface area contributed by atoms with E-state index in [0.29, 0.717) is 5.82 Å². The van der Waals surface area contributed by atoms with Gasteiger partial charge in [-0.2, -0.15) is 5.10 Å². The second kappa shape index (κ2) is 6.42. The van der Waals surface area contributed by atoms with E-state index in [2.05, 4.69) is 58.7 Å². The summed E-state index contributed by atoms with van der Waals surface area (Å²) in [6.07, 6.45) is 0.820. The van der Waals surface area contributed by atoms with Crippen LogP contribution >= 0.6 is 0 Å². The van der Waals surface area contributed by atoms with Gasteiger partial charge in [-0.1, -0.05) is 54.6 Å². The summed E-state index contributed by atoms with van der Waals surface area (Å²) in [7, 11) is 0. The molecule has 4 heteroatoms. The van der Waals surface area contributed by atoms with Crippen LogP contribution < -0.4 is 11.5 Å². The molecule has 0 radical (unpaired) electrons. The number of hydrogen-bond donors (Lipinski definition) is 3. The van der Waals surface area contributed by atoms with E-state index in [1.54, 1.807) is 0 Å². The van der Waals surface area contributed by atoms with Crippen molar-refractivity contribution < 1.29 is 0 Å². The van der Waals surface area contributed by atoms with Crippen LogP contribution in [0, 0.1) is 0 Å². The number of aromatic amines is 1. The van der Waals surface area contributed by atoms with Gasteiger partial charge in [0.25, 0.3) is 0 Å². The third-order valence-electron chi connectivity index (χ3n) is 4.54. The zero-order chi connectivity index (χ0) is 17.2. The number of anilines is 1. The number of nitrogen functional groups attached to an aromatic ring is 1. The molecule has 124 valence electrons. The highest BCUT2D eigenvalue weighted by Crippen LogP contribution is 2.28. The largest absolute Gasteiger partial charge is 0.382 e. The molecule has 0 aliphatic heterocycles. The van der Waals surface area contributed by atoms with Gasteiger partial charge in [0.2, 0.25) is 0 Å². The lowest BCUT2D eigenvalue weighted by molar-refractivity contribution is 0.722. The molecule has 0 aliphatic carbocycles. The van der Waals surface area contributed by atoms with Crippen molar-refractivity contribution in [3.05, 3.63) is 83.9 Å². The van der Waals surface area contributed by atoms with Crippen molar-refractivity contribution in [2.75, 3.05) is 5.73 Å². The summed E-state index contributed by atoms with van der Waals surface area (Å²) >= 11 is 0. The number of hydrogen-bond acceptors (Lipinski definition) is 3. The molecule has 0 aliphatic rings. The van der Waals surface area contributed by atoms with E-state index >= 15 is 0 Å². The van der Waals surface area contributed by atoms with Gasteiger partial charge in [0.15, 0.2) is 5.82 Å². The summed E-state index contributed by atoms with van der Waals surface area (Å²) < 4.78 is 0. The Hall–Kier alpha value is -3.11. The molecule has 1 atom stereocenters. The van der Waals surface area contributed by atoms with Gasteiger partial charge in [-0.3, -0.25) is 5.10 Å². The van der Waals surface area contributed by atoms with Gasteiger partial charge < -0.3 is 11.5 Å². The van der Waals surface area contributed by atoms with Crippen molar-refractivity contribution in [1.29, 1.82) is 0 Å². The van der Waals surface area contributed by atoms with Gasteiger partial charge in [0.05, 0.1) is 5.52 Å². The maximum Gasteiger partial charge on any atom is 0.153 e. The van der Waals surface area contributed by atoms with E-state index in [4.69, 9.17) is 11.5 Å². The molecule has 0 spiro atoms. The fourth-order valence-electron chi connectivity index (χ4n) is 3.16. The molecule has 4 rings (SSSR count). The Morgan fingerprint density at radius 2 is 1.68 bits per heavy atom. The van der Waals surface area contributed by atoms with Crippen molar-refractivity contribution in [1.82, 2.24) is 10.2 Å². The van der Waals surface area contributed by atoms with Crippen LogP contribution in [0.1, 0.15) is 17.2 Å². The van der Waals surface area contributed by atoms with Crippen LogP contribution in [0.5, 0.6) is 0 Å². The highest BCUT2D eigenvalue weighted by Gasteiger charge is 2.09. The van der Waals surface area contributed by atoms with Crippen LogP contribution in [-0.4, -0.2) is 10.2 Å². The average molecular weight is 328 g/mol. The predicted octanol–water partition coefficient (Wildman–Crippen LogP) is 4.05. The van der Waals surface area contributed by atoms with Gasteiger partial charge in [-0.15, -0.1) is 0 Å². The normalized spacial score (nSPS) is 12.4. The Balaban J connectivity index is 1.63. The molecule has 0 saturated carbocycles. The minimum atomic E-state index is -0.0334. The summed E-state index contributed by atoms with van der Waals surface area (Å²) in [6.45, 7) is 0. The molecule has 5 N–H and O–H groups in total. The SMILES string of the molecule is Nc1n[nH]c2cc(-c3cccc([C@H](N)Cc4ccccc4)c3)ccc12. The van der Waals surface area contributed by atoms with Crippen LogP contribution in [0.15, 0.2) is 72.8 Å². The second-order valence-electron chi connectivity index (χ2n) is 6.29. The zero-order valence-corrected chi connectivity index (χ0v) is 13.8. The molecule has 0 saturated heterocycles. The first-order valence-corrected chi connectivity index (χ1v) is 8.34. The van der Waals surface area contributed by atoms with Gasteiger partial charge in [0, 0.05) is 11.4 Å². The first kappa shape index (κ1) is 15.4. The fourth-order valence-corrected chi connectivity index (χ4v) is 3.16. The highest BCUT2D eigenvalue weighted by molar-refractivity contribution is 5.91. The molecular weight excluding hydrogens is 308 g/mol. The Morgan fingerprint density at radius 3 is 2.52 bits per heavy atom. The van der Waals surface area contributed by atoms with Crippen molar-refractivity contribution >= 4 is 16.7 Å². The van der Waals surface area contributed by atoms with Crippen molar-refractivity contribution in [3.8, 4) is 11.1 Å². The molecule has 1 aromatic heterocycles. The molecule has 4 aromatic rings. The summed E-state index contributed by atoms with van der Waals surface area (Å²) in [4.78, 5) is 0.